The van der Waals surface area contributed by atoms with Crippen molar-refractivity contribution < 1.29 is 41.0 Å². The van der Waals surface area contributed by atoms with Crippen LogP contribution >= 0.6 is 0 Å². The highest BCUT2D eigenvalue weighted by Gasteiger charge is 2.70. The average molecular weight is 452 g/mol. The summed E-state index contributed by atoms with van der Waals surface area (Å²) in [5.74, 6) is -2.68. The molecule has 4 rings (SSSR count). The minimum absolute atomic E-state index is 0.268. The zero-order chi connectivity index (χ0) is 23.0. The molecule has 1 aromatic carbocycles. The summed E-state index contributed by atoms with van der Waals surface area (Å²) in [6.07, 6.45) is -8.84. The SMILES string of the molecule is O=C(O)C(F)(F)F.O=C(c1ccc(C2CNC2)cc1)N1CCCC1C1(C(F)(F)F)N=N1. The molecule has 0 saturated carbocycles. The van der Waals surface area contributed by atoms with Crippen molar-refractivity contribution in [2.45, 2.75) is 42.8 Å². The van der Waals surface area contributed by atoms with Crippen LogP contribution in [0.5, 0.6) is 0 Å². The van der Waals surface area contributed by atoms with Crippen LogP contribution in [-0.4, -0.2) is 65.6 Å². The van der Waals surface area contributed by atoms with Crippen LogP contribution < -0.4 is 5.32 Å². The van der Waals surface area contributed by atoms with Gasteiger partial charge in [0, 0.05) is 31.1 Å². The number of carbonyl (C=O) groups excluding carboxylic acids is 1. The van der Waals surface area contributed by atoms with Gasteiger partial charge in [-0.1, -0.05) is 12.1 Å². The highest BCUT2D eigenvalue weighted by Crippen LogP contribution is 2.51. The molecule has 0 aliphatic carbocycles. The van der Waals surface area contributed by atoms with E-state index in [4.69, 9.17) is 9.90 Å². The first kappa shape index (κ1) is 23.0. The van der Waals surface area contributed by atoms with Gasteiger partial charge in [-0.25, -0.2) is 4.79 Å². The summed E-state index contributed by atoms with van der Waals surface area (Å²) >= 11 is 0. The predicted octanol–water partition coefficient (Wildman–Crippen LogP) is 3.34. The number of nitrogens with zero attached hydrogens (tertiary/aromatic N) is 3. The van der Waals surface area contributed by atoms with Crippen LogP contribution in [0.25, 0.3) is 0 Å². The maximum Gasteiger partial charge on any atom is 0.490 e. The maximum atomic E-state index is 13.2. The van der Waals surface area contributed by atoms with Crippen molar-refractivity contribution in [1.29, 1.82) is 0 Å². The van der Waals surface area contributed by atoms with Crippen LogP contribution in [-0.2, 0) is 4.79 Å². The number of alkyl halides is 6. The maximum absolute atomic E-state index is 13.2. The molecule has 0 aromatic heterocycles. The van der Waals surface area contributed by atoms with E-state index in [1.807, 2.05) is 12.1 Å². The third-order valence-corrected chi connectivity index (χ3v) is 5.36. The zero-order valence-electron chi connectivity index (χ0n) is 15.9. The Bertz CT molecular complexity index is 859. The lowest BCUT2D eigenvalue weighted by molar-refractivity contribution is -0.192. The number of likely N-dealkylation sites (tertiary alicyclic amines) is 1. The molecule has 3 heterocycles. The Labute approximate surface area is 172 Å². The number of aliphatic carboxylic acids is 1. The molecule has 2 fully saturated rings. The van der Waals surface area contributed by atoms with Gasteiger partial charge in [0.25, 0.3) is 5.91 Å². The highest BCUT2D eigenvalue weighted by atomic mass is 19.4. The number of hydrogen-bond donors (Lipinski definition) is 2. The minimum Gasteiger partial charge on any atom is -0.475 e. The summed E-state index contributed by atoms with van der Waals surface area (Å²) in [4.78, 5) is 22.9. The summed E-state index contributed by atoms with van der Waals surface area (Å²) in [5, 5.41) is 16.8. The molecule has 7 nitrogen and oxygen atoms in total. The van der Waals surface area contributed by atoms with Gasteiger partial charge in [-0.3, -0.25) is 4.79 Å². The molecule has 13 heteroatoms. The number of benzene rings is 1. The number of nitrogens with one attached hydrogen (secondary N) is 1. The summed E-state index contributed by atoms with van der Waals surface area (Å²) in [6.45, 7) is 2.14. The first-order chi connectivity index (χ1) is 14.4. The molecule has 1 amide bonds. The second kappa shape index (κ2) is 8.09. The predicted molar refractivity (Wildman–Crippen MR) is 93.4 cm³/mol. The number of carbonyl (C=O) groups is 2. The normalized spacial score (nSPS) is 22.4. The van der Waals surface area contributed by atoms with Crippen molar-refractivity contribution in [3.8, 4) is 0 Å². The van der Waals surface area contributed by atoms with E-state index in [1.54, 1.807) is 12.1 Å². The summed E-state index contributed by atoms with van der Waals surface area (Å²) in [6, 6.07) is 6.14. The molecule has 3 aliphatic rings. The van der Waals surface area contributed by atoms with E-state index in [0.29, 0.717) is 24.4 Å². The van der Waals surface area contributed by atoms with E-state index in [2.05, 4.69) is 15.5 Å². The van der Waals surface area contributed by atoms with Crippen LogP contribution in [0.15, 0.2) is 34.5 Å². The van der Waals surface area contributed by atoms with Crippen LogP contribution in [0.1, 0.15) is 34.7 Å². The smallest absolute Gasteiger partial charge is 0.475 e. The van der Waals surface area contributed by atoms with Crippen LogP contribution in [0.4, 0.5) is 26.3 Å². The Morgan fingerprint density at radius 2 is 1.61 bits per heavy atom. The molecule has 2 saturated heterocycles. The van der Waals surface area contributed by atoms with Gasteiger partial charge < -0.3 is 15.3 Å². The highest BCUT2D eigenvalue weighted by molar-refractivity contribution is 5.94. The molecule has 0 radical (unpaired) electrons. The van der Waals surface area contributed by atoms with E-state index in [1.165, 1.54) is 4.90 Å². The Balaban J connectivity index is 0.000000339. The third-order valence-electron chi connectivity index (χ3n) is 5.36. The van der Waals surface area contributed by atoms with Gasteiger partial charge in [-0.15, -0.1) is 10.2 Å². The Morgan fingerprint density at radius 3 is 2.00 bits per heavy atom. The molecular weight excluding hydrogens is 434 g/mol. The zero-order valence-corrected chi connectivity index (χ0v) is 15.9. The fourth-order valence-corrected chi connectivity index (χ4v) is 3.51. The molecule has 31 heavy (non-hydrogen) atoms. The van der Waals surface area contributed by atoms with Crippen molar-refractivity contribution in [1.82, 2.24) is 10.2 Å². The number of carboxylic acid groups (broad SMARTS) is 1. The van der Waals surface area contributed by atoms with Gasteiger partial charge in [0.15, 0.2) is 0 Å². The second-order valence-corrected chi connectivity index (χ2v) is 7.36. The summed E-state index contributed by atoms with van der Waals surface area (Å²) < 4.78 is 71.5. The fraction of sp³-hybridized carbons (Fsp3) is 0.556. The molecule has 170 valence electrons. The lowest BCUT2D eigenvalue weighted by atomic mass is 9.93. The molecule has 0 spiro atoms. The van der Waals surface area contributed by atoms with E-state index in [9.17, 15) is 31.1 Å². The Hall–Kier alpha value is -2.70. The van der Waals surface area contributed by atoms with Gasteiger partial charge >= 0.3 is 24.0 Å². The average Bonchev–Trinajstić information content (AvgIpc) is 3.31. The van der Waals surface area contributed by atoms with Crippen molar-refractivity contribution in [3.63, 3.8) is 0 Å². The monoisotopic (exact) mass is 452 g/mol. The molecule has 3 aliphatic heterocycles. The quantitative estimate of drug-likeness (QED) is 0.688. The van der Waals surface area contributed by atoms with Gasteiger partial charge in [-0.05, 0) is 30.5 Å². The minimum atomic E-state index is -5.08. The number of rotatable bonds is 3. The van der Waals surface area contributed by atoms with Gasteiger partial charge in [-0.2, -0.15) is 26.3 Å². The molecule has 2 N–H and O–H groups in total. The van der Waals surface area contributed by atoms with Crippen molar-refractivity contribution >= 4 is 11.9 Å². The van der Waals surface area contributed by atoms with E-state index < -0.39 is 30.0 Å². The summed E-state index contributed by atoms with van der Waals surface area (Å²) in [5.41, 5.74) is -0.852. The van der Waals surface area contributed by atoms with E-state index in [-0.39, 0.29) is 12.3 Å². The van der Waals surface area contributed by atoms with Crippen LogP contribution in [0.3, 0.4) is 0 Å². The van der Waals surface area contributed by atoms with Crippen molar-refractivity contribution in [3.05, 3.63) is 35.4 Å². The summed E-state index contributed by atoms with van der Waals surface area (Å²) in [7, 11) is 0. The van der Waals surface area contributed by atoms with Gasteiger partial charge in [0.1, 0.15) is 0 Å². The first-order valence-corrected chi connectivity index (χ1v) is 9.29. The van der Waals surface area contributed by atoms with E-state index in [0.717, 1.165) is 18.7 Å². The van der Waals surface area contributed by atoms with Crippen molar-refractivity contribution in [2.24, 2.45) is 10.2 Å². The van der Waals surface area contributed by atoms with Crippen molar-refractivity contribution in [2.75, 3.05) is 19.6 Å². The van der Waals surface area contributed by atoms with Crippen LogP contribution in [0.2, 0.25) is 0 Å². The molecule has 1 unspecified atom stereocenters. The van der Waals surface area contributed by atoms with Gasteiger partial charge in [0.2, 0.25) is 0 Å². The molecular formula is C18H18F6N4O3. The lowest BCUT2D eigenvalue weighted by Gasteiger charge is -2.30. The van der Waals surface area contributed by atoms with Crippen LogP contribution in [0, 0.1) is 0 Å². The first-order valence-electron chi connectivity index (χ1n) is 9.29. The second-order valence-electron chi connectivity index (χ2n) is 7.36. The van der Waals surface area contributed by atoms with Gasteiger partial charge in [0.05, 0.1) is 6.04 Å². The number of halogens is 6. The molecule has 1 atom stereocenters. The molecule has 0 bridgehead atoms. The largest absolute Gasteiger partial charge is 0.490 e. The third kappa shape index (κ3) is 4.65. The Morgan fingerprint density at radius 1 is 1.06 bits per heavy atom. The standard InChI is InChI=1S/C16H17F3N4O.C2HF3O2/c17-16(18,19)15(21-22-15)13-2-1-7-23(13)14(24)11-5-3-10(4-6-11)12-8-20-9-12;3-2(4,5)1(6)7/h3-6,12-13,20H,1-2,7-9H2;(H,6,7). The topological polar surface area (TPSA) is 94.4 Å². The fourth-order valence-electron chi connectivity index (χ4n) is 3.51. The number of hydrogen-bond acceptors (Lipinski definition) is 5. The molecule has 1 aromatic rings. The number of amides is 1. The van der Waals surface area contributed by atoms with E-state index >= 15 is 0 Å². The lowest BCUT2D eigenvalue weighted by Crippen LogP contribution is -2.52. The number of carboxylic acids is 1. The Kier molecular flexibility index (Phi) is 6.00.